The molecule has 0 N–H and O–H groups in total. The smallest absolute Gasteiger partial charge is 0.311 e. The number of pyridine rings is 1. The van der Waals surface area contributed by atoms with Gasteiger partial charge in [-0.05, 0) is 42.0 Å². The lowest BCUT2D eigenvalue weighted by Crippen LogP contribution is -2.50. The fraction of sp³-hybridized carbons (Fsp3) is 0.231. The minimum absolute atomic E-state index is 0.0354. The van der Waals surface area contributed by atoms with Crippen molar-refractivity contribution in [3.63, 3.8) is 0 Å². The Labute approximate surface area is 238 Å². The molecule has 0 spiro atoms. The average molecular weight is 670 g/mol. The van der Waals surface area contributed by atoms with Crippen molar-refractivity contribution in [2.75, 3.05) is 11.9 Å². The number of nitrogens with zero attached hydrogens (tertiary/aromatic N) is 3. The summed E-state index contributed by atoms with van der Waals surface area (Å²) < 4.78 is 134. The first-order valence-electron chi connectivity index (χ1n) is 11.2. The Morgan fingerprint density at radius 1 is 0.905 bits per heavy atom. The van der Waals surface area contributed by atoms with Crippen LogP contribution >= 0.6 is 15.9 Å². The summed E-state index contributed by atoms with van der Waals surface area (Å²) in [6, 6.07) is 8.54. The number of alkyl halides is 10. The third-order valence-corrected chi connectivity index (χ3v) is 6.71. The topological polar surface area (TPSA) is 74.1 Å². The molecule has 1 amide bonds. The lowest BCUT2D eigenvalue weighted by molar-refractivity contribution is -0.348. The first-order chi connectivity index (χ1) is 19.2. The van der Waals surface area contributed by atoms with Crippen LogP contribution in [0.2, 0.25) is 0 Å². The molecule has 1 heterocycles. The minimum Gasteiger partial charge on any atom is -0.311 e. The number of nitriles is 1. The molecule has 0 bridgehead atoms. The molecular formula is C26H14BrF10N3O2. The number of aromatic nitrogens is 1. The van der Waals surface area contributed by atoms with Gasteiger partial charge in [0.15, 0.2) is 5.78 Å². The molecule has 42 heavy (non-hydrogen) atoms. The van der Waals surface area contributed by atoms with E-state index in [-0.39, 0.29) is 28.6 Å². The highest BCUT2D eigenvalue weighted by Crippen LogP contribution is 2.54. The summed E-state index contributed by atoms with van der Waals surface area (Å²) in [4.78, 5) is 30.6. The maximum atomic E-state index is 14.5. The molecule has 0 aliphatic carbocycles. The fourth-order valence-corrected chi connectivity index (χ4v) is 4.40. The zero-order valence-electron chi connectivity index (χ0n) is 20.7. The molecule has 0 fully saturated rings. The Balaban J connectivity index is 2.01. The van der Waals surface area contributed by atoms with Crippen LogP contribution in [0, 0.1) is 11.3 Å². The molecule has 1 aromatic heterocycles. The molecule has 0 aliphatic heterocycles. The number of carbonyl (C=O) groups is 2. The van der Waals surface area contributed by atoms with Crippen molar-refractivity contribution in [2.45, 2.75) is 30.6 Å². The number of hydrogen-bond donors (Lipinski definition) is 0. The molecule has 3 rings (SSSR count). The molecule has 3 aromatic rings. The highest BCUT2D eigenvalue weighted by molar-refractivity contribution is 9.10. The molecule has 0 unspecified atom stereocenters. The summed E-state index contributed by atoms with van der Waals surface area (Å²) in [6.07, 6.45) is -19.0. The maximum Gasteiger partial charge on any atom is 0.435 e. The van der Waals surface area contributed by atoms with Crippen molar-refractivity contribution in [1.29, 1.82) is 5.26 Å². The predicted octanol–water partition coefficient (Wildman–Crippen LogP) is 7.73. The second kappa shape index (κ2) is 11.3. The van der Waals surface area contributed by atoms with E-state index in [9.17, 15) is 53.5 Å². The van der Waals surface area contributed by atoms with E-state index in [1.165, 1.54) is 31.3 Å². The summed E-state index contributed by atoms with van der Waals surface area (Å²) in [5.74, 6) is -1.70. The van der Waals surface area contributed by atoms with Crippen molar-refractivity contribution < 1.29 is 53.5 Å². The summed E-state index contributed by atoms with van der Waals surface area (Å²) in [5, 5.41) is 8.82. The molecule has 0 saturated carbocycles. The Morgan fingerprint density at radius 2 is 1.52 bits per heavy atom. The maximum absolute atomic E-state index is 14.5. The highest BCUT2D eigenvalue weighted by atomic mass is 79.9. The van der Waals surface area contributed by atoms with Crippen LogP contribution in [-0.2, 0) is 18.3 Å². The predicted molar refractivity (Wildman–Crippen MR) is 130 cm³/mol. The van der Waals surface area contributed by atoms with E-state index in [2.05, 4.69) is 20.9 Å². The Bertz CT molecular complexity index is 1540. The monoisotopic (exact) mass is 669 g/mol. The van der Waals surface area contributed by atoms with Crippen molar-refractivity contribution in [2.24, 2.45) is 0 Å². The van der Waals surface area contributed by atoms with Gasteiger partial charge in [-0.3, -0.25) is 9.59 Å². The number of benzene rings is 2. The van der Waals surface area contributed by atoms with Crippen molar-refractivity contribution in [3.05, 3.63) is 92.7 Å². The number of anilines is 1. The lowest BCUT2D eigenvalue weighted by Gasteiger charge is -2.31. The molecule has 0 saturated heterocycles. The molecule has 222 valence electrons. The van der Waals surface area contributed by atoms with Gasteiger partial charge in [0.25, 0.3) is 5.91 Å². The van der Waals surface area contributed by atoms with Gasteiger partial charge in [-0.1, -0.05) is 28.1 Å². The number of Topliss-reactive ketones (excluding diaryl/α,β-unsaturated/α-hetero) is 1. The summed E-state index contributed by atoms with van der Waals surface area (Å²) in [5.41, 5.74) is -11.7. The van der Waals surface area contributed by atoms with Gasteiger partial charge in [0.05, 0.1) is 11.1 Å². The number of halogens is 11. The van der Waals surface area contributed by atoms with Gasteiger partial charge in [-0.15, -0.1) is 0 Å². The van der Waals surface area contributed by atoms with E-state index in [0.717, 1.165) is 23.2 Å². The first-order valence-corrected chi connectivity index (χ1v) is 12.0. The largest absolute Gasteiger partial charge is 0.435 e. The van der Waals surface area contributed by atoms with Gasteiger partial charge >= 0.3 is 24.2 Å². The van der Waals surface area contributed by atoms with Crippen molar-refractivity contribution in [3.8, 4) is 6.07 Å². The van der Waals surface area contributed by atoms with Gasteiger partial charge in [0.1, 0.15) is 11.8 Å². The normalized spacial score (nSPS) is 12.5. The standard InChI is InChI=1S/C26H14BrF10N3O2/c1-40(22(42)14-5-6-16(11-38)39-12-14)17-4-2-3-13(7-17)21(41)10-18-19(24(29,30)31)8-15(9-20(18)27)23(28,25(32,33)34)26(35,36)37/h2-9,12H,10H2,1H3. The Kier molecular flexibility index (Phi) is 8.79. The summed E-state index contributed by atoms with van der Waals surface area (Å²) >= 11 is 2.48. The van der Waals surface area contributed by atoms with Crippen LogP contribution in [0.5, 0.6) is 0 Å². The van der Waals surface area contributed by atoms with Gasteiger partial charge < -0.3 is 4.90 Å². The zero-order valence-corrected chi connectivity index (χ0v) is 22.3. The Morgan fingerprint density at radius 3 is 2.02 bits per heavy atom. The van der Waals surface area contributed by atoms with Gasteiger partial charge in [-0.25, -0.2) is 9.37 Å². The minimum atomic E-state index is -6.66. The fourth-order valence-electron chi connectivity index (χ4n) is 3.80. The summed E-state index contributed by atoms with van der Waals surface area (Å²) in [7, 11) is 1.30. The van der Waals surface area contributed by atoms with Gasteiger partial charge in [0, 0.05) is 41.0 Å². The van der Waals surface area contributed by atoms with E-state index in [0.29, 0.717) is 0 Å². The lowest BCUT2D eigenvalue weighted by atomic mass is 9.89. The van der Waals surface area contributed by atoms with Gasteiger partial charge in [0.2, 0.25) is 0 Å². The van der Waals surface area contributed by atoms with Crippen LogP contribution in [-0.4, -0.2) is 36.1 Å². The van der Waals surface area contributed by atoms with Crippen LogP contribution in [0.3, 0.4) is 0 Å². The van der Waals surface area contributed by atoms with E-state index < -0.39 is 69.5 Å². The quantitative estimate of drug-likeness (QED) is 0.199. The number of hydrogen-bond acceptors (Lipinski definition) is 4. The van der Waals surface area contributed by atoms with Crippen LogP contribution in [0.15, 0.2) is 59.2 Å². The van der Waals surface area contributed by atoms with Crippen LogP contribution in [0.4, 0.5) is 49.6 Å². The molecule has 5 nitrogen and oxygen atoms in total. The average Bonchev–Trinajstić information content (AvgIpc) is 2.90. The molecule has 0 aliphatic rings. The second-order valence-electron chi connectivity index (χ2n) is 8.69. The van der Waals surface area contributed by atoms with Crippen LogP contribution in [0.25, 0.3) is 0 Å². The van der Waals surface area contributed by atoms with Crippen molar-refractivity contribution >= 4 is 33.3 Å². The molecule has 2 aromatic carbocycles. The number of carbonyl (C=O) groups excluding carboxylic acids is 2. The van der Waals surface area contributed by atoms with Crippen molar-refractivity contribution in [1.82, 2.24) is 4.98 Å². The summed E-state index contributed by atoms with van der Waals surface area (Å²) in [6.45, 7) is 0. The number of rotatable bonds is 6. The SMILES string of the molecule is CN(C(=O)c1ccc(C#N)nc1)c1cccc(C(=O)Cc2c(Br)cc(C(F)(C(F)(F)F)C(F)(F)F)cc2C(F)(F)F)c1. The van der Waals surface area contributed by atoms with E-state index in [1.54, 1.807) is 6.07 Å². The zero-order chi connectivity index (χ0) is 31.8. The molecule has 16 heteroatoms. The number of ketones is 1. The molecular weight excluding hydrogens is 656 g/mol. The van der Waals surface area contributed by atoms with E-state index in [4.69, 9.17) is 5.26 Å². The number of amides is 1. The third kappa shape index (κ3) is 6.25. The Hall–Kier alpha value is -4.00. The van der Waals surface area contributed by atoms with E-state index >= 15 is 0 Å². The van der Waals surface area contributed by atoms with Crippen LogP contribution < -0.4 is 4.90 Å². The van der Waals surface area contributed by atoms with E-state index in [1.807, 2.05) is 0 Å². The first kappa shape index (κ1) is 32.5. The molecule has 0 atom stereocenters. The van der Waals surface area contributed by atoms with Gasteiger partial charge in [-0.2, -0.15) is 44.8 Å². The highest BCUT2D eigenvalue weighted by Gasteiger charge is 2.73. The molecule has 0 radical (unpaired) electrons. The van der Waals surface area contributed by atoms with Crippen LogP contribution in [0.1, 0.15) is 43.1 Å². The third-order valence-electron chi connectivity index (χ3n) is 6.00. The second-order valence-corrected chi connectivity index (χ2v) is 9.55.